The molecule has 0 amide bonds. The van der Waals surface area contributed by atoms with Gasteiger partial charge in [0, 0.05) is 5.75 Å². The molecule has 2 unspecified atom stereocenters. The predicted octanol–water partition coefficient (Wildman–Crippen LogP) is -0.903. The van der Waals surface area contributed by atoms with Crippen LogP contribution in [0.3, 0.4) is 0 Å². The van der Waals surface area contributed by atoms with Gasteiger partial charge in [0.25, 0.3) is 0 Å². The third kappa shape index (κ3) is 1.49. The van der Waals surface area contributed by atoms with Crippen molar-refractivity contribution in [3.8, 4) is 0 Å². The van der Waals surface area contributed by atoms with Crippen molar-refractivity contribution < 1.29 is 14.1 Å². The molecule has 0 aromatic rings. The molecular weight excluding hydrogens is 142 g/mol. The maximum absolute atomic E-state index is 10.5. The van der Waals surface area contributed by atoms with E-state index in [1.807, 2.05) is 0 Å². The number of aliphatic carboxylic acids is 1. The molecule has 2 N–H and O–H groups in total. The lowest BCUT2D eigenvalue weighted by atomic mass is 10.2. The summed E-state index contributed by atoms with van der Waals surface area (Å²) in [5.41, 5.74) is 0. The van der Waals surface area contributed by atoms with Crippen LogP contribution in [-0.4, -0.2) is 27.1 Å². The van der Waals surface area contributed by atoms with Gasteiger partial charge in [-0.3, -0.25) is 4.79 Å². The van der Waals surface area contributed by atoms with Gasteiger partial charge >= 0.3 is 5.97 Å². The fraction of sp³-hybridized carbons (Fsp3) is 0.750. The molecule has 0 aromatic heterocycles. The van der Waals surface area contributed by atoms with Crippen molar-refractivity contribution in [2.75, 3.05) is 5.75 Å². The molecular formula is C4H7NO3S. The maximum atomic E-state index is 10.5. The number of carbonyl (C=O) groups is 1. The van der Waals surface area contributed by atoms with Gasteiger partial charge in [0.15, 0.2) is 0 Å². The van der Waals surface area contributed by atoms with E-state index in [1.54, 1.807) is 0 Å². The van der Waals surface area contributed by atoms with Gasteiger partial charge in [-0.1, -0.05) is 0 Å². The van der Waals surface area contributed by atoms with Gasteiger partial charge in [-0.2, -0.15) is 0 Å². The van der Waals surface area contributed by atoms with Crippen LogP contribution in [0.1, 0.15) is 6.42 Å². The molecule has 0 aliphatic carbocycles. The van der Waals surface area contributed by atoms with E-state index in [1.165, 1.54) is 0 Å². The van der Waals surface area contributed by atoms with Crippen molar-refractivity contribution in [3.63, 3.8) is 0 Å². The summed E-state index contributed by atoms with van der Waals surface area (Å²) in [4.78, 5) is 10.2. The van der Waals surface area contributed by atoms with E-state index in [4.69, 9.17) is 5.11 Å². The quantitative estimate of drug-likeness (QED) is 0.507. The smallest absolute Gasteiger partial charge is 0.321 e. The molecule has 1 heterocycles. The van der Waals surface area contributed by atoms with E-state index in [-0.39, 0.29) is 0 Å². The minimum Gasteiger partial charge on any atom is -0.480 e. The molecule has 2 atom stereocenters. The summed E-state index contributed by atoms with van der Waals surface area (Å²) in [6.45, 7) is 0. The molecule has 1 aliphatic heterocycles. The van der Waals surface area contributed by atoms with E-state index in [0.717, 1.165) is 0 Å². The number of hydrogen-bond donors (Lipinski definition) is 2. The summed E-state index contributed by atoms with van der Waals surface area (Å²) < 4.78 is 12.9. The first-order chi connectivity index (χ1) is 4.20. The molecule has 0 radical (unpaired) electrons. The Labute approximate surface area is 54.8 Å². The van der Waals surface area contributed by atoms with Crippen LogP contribution in [0.15, 0.2) is 0 Å². The van der Waals surface area contributed by atoms with E-state index < -0.39 is 23.0 Å². The Morgan fingerprint density at radius 1 is 1.78 bits per heavy atom. The van der Waals surface area contributed by atoms with Crippen molar-refractivity contribution in [1.29, 1.82) is 0 Å². The number of carboxylic acid groups (broad SMARTS) is 1. The monoisotopic (exact) mass is 149 g/mol. The topological polar surface area (TPSA) is 66.4 Å². The number of nitrogens with one attached hydrogen (secondary N) is 1. The highest BCUT2D eigenvalue weighted by Gasteiger charge is 2.25. The van der Waals surface area contributed by atoms with Crippen molar-refractivity contribution in [2.45, 2.75) is 12.5 Å². The molecule has 1 aliphatic rings. The van der Waals surface area contributed by atoms with Crippen LogP contribution in [0.4, 0.5) is 0 Å². The Hall–Kier alpha value is -0.420. The Bertz CT molecular complexity index is 158. The third-order valence-corrected chi connectivity index (χ3v) is 2.32. The van der Waals surface area contributed by atoms with E-state index in [2.05, 4.69) is 4.72 Å². The molecule has 9 heavy (non-hydrogen) atoms. The third-order valence-electron chi connectivity index (χ3n) is 1.16. The highest BCUT2D eigenvalue weighted by molar-refractivity contribution is 7.83. The lowest BCUT2D eigenvalue weighted by Gasteiger charge is -1.98. The summed E-state index contributed by atoms with van der Waals surface area (Å²) in [5, 5.41) is 8.33. The molecule has 0 aromatic carbocycles. The summed E-state index contributed by atoms with van der Waals surface area (Å²) in [6.07, 6.45) is 0.474. The van der Waals surface area contributed by atoms with E-state index in [9.17, 15) is 9.00 Å². The van der Waals surface area contributed by atoms with Gasteiger partial charge in [0.05, 0.1) is 11.0 Å². The number of rotatable bonds is 1. The van der Waals surface area contributed by atoms with E-state index in [0.29, 0.717) is 12.2 Å². The van der Waals surface area contributed by atoms with Crippen LogP contribution in [0, 0.1) is 0 Å². The van der Waals surface area contributed by atoms with Gasteiger partial charge in [-0.05, 0) is 6.42 Å². The van der Waals surface area contributed by atoms with E-state index >= 15 is 0 Å². The predicted molar refractivity (Wildman–Crippen MR) is 32.2 cm³/mol. The molecule has 1 rings (SSSR count). The fourth-order valence-corrected chi connectivity index (χ4v) is 1.78. The Morgan fingerprint density at radius 3 is 2.67 bits per heavy atom. The van der Waals surface area contributed by atoms with Crippen molar-refractivity contribution in [2.24, 2.45) is 0 Å². The average Bonchev–Trinajstić information content (AvgIpc) is 2.14. The zero-order valence-electron chi connectivity index (χ0n) is 4.66. The Morgan fingerprint density at radius 2 is 2.44 bits per heavy atom. The highest BCUT2D eigenvalue weighted by Crippen LogP contribution is 2.02. The lowest BCUT2D eigenvalue weighted by molar-refractivity contribution is -0.138. The molecule has 1 saturated heterocycles. The van der Waals surface area contributed by atoms with Gasteiger partial charge < -0.3 is 5.11 Å². The fourth-order valence-electron chi connectivity index (χ4n) is 0.675. The Kier molecular flexibility index (Phi) is 1.82. The largest absolute Gasteiger partial charge is 0.480 e. The molecule has 1 fully saturated rings. The number of carboxylic acids is 1. The molecule has 52 valence electrons. The molecule has 0 spiro atoms. The standard InChI is InChI=1S/C4H7NO3S/c6-4(7)3-1-2-9(8)5-3/h3,5H,1-2H2,(H,6,7). The molecule has 0 bridgehead atoms. The molecule has 4 nitrogen and oxygen atoms in total. The Balaban J connectivity index is 2.48. The van der Waals surface area contributed by atoms with Crippen molar-refractivity contribution in [1.82, 2.24) is 4.72 Å². The van der Waals surface area contributed by atoms with Crippen LogP contribution in [0.2, 0.25) is 0 Å². The lowest BCUT2D eigenvalue weighted by Crippen LogP contribution is -2.30. The summed E-state index contributed by atoms with van der Waals surface area (Å²) >= 11 is 0. The first-order valence-electron chi connectivity index (χ1n) is 2.57. The average molecular weight is 149 g/mol. The summed E-state index contributed by atoms with van der Waals surface area (Å²) in [7, 11) is -1.10. The second-order valence-electron chi connectivity index (χ2n) is 1.85. The summed E-state index contributed by atoms with van der Waals surface area (Å²) in [6, 6.07) is -0.592. The molecule has 0 saturated carbocycles. The van der Waals surface area contributed by atoms with Crippen LogP contribution in [0.5, 0.6) is 0 Å². The second kappa shape index (κ2) is 2.45. The first kappa shape index (κ1) is 6.70. The molecule has 5 heteroatoms. The SMILES string of the molecule is O=C(O)C1CCS(=O)N1. The van der Waals surface area contributed by atoms with Crippen LogP contribution < -0.4 is 4.72 Å². The first-order valence-corrected chi connectivity index (χ1v) is 3.89. The zero-order valence-corrected chi connectivity index (χ0v) is 5.48. The van der Waals surface area contributed by atoms with Crippen molar-refractivity contribution >= 4 is 17.0 Å². The minimum absolute atomic E-state index is 0.455. The van der Waals surface area contributed by atoms with Gasteiger partial charge in [0.1, 0.15) is 6.04 Å². The maximum Gasteiger partial charge on any atom is 0.321 e. The van der Waals surface area contributed by atoms with Crippen LogP contribution in [0.25, 0.3) is 0 Å². The van der Waals surface area contributed by atoms with Crippen LogP contribution >= 0.6 is 0 Å². The zero-order chi connectivity index (χ0) is 6.85. The van der Waals surface area contributed by atoms with Gasteiger partial charge in [-0.15, -0.1) is 0 Å². The summed E-state index contributed by atoms with van der Waals surface area (Å²) in [5.74, 6) is -0.461. The van der Waals surface area contributed by atoms with Crippen molar-refractivity contribution in [3.05, 3.63) is 0 Å². The van der Waals surface area contributed by atoms with Gasteiger partial charge in [-0.25, -0.2) is 8.93 Å². The minimum atomic E-state index is -1.10. The second-order valence-corrected chi connectivity index (χ2v) is 3.18. The van der Waals surface area contributed by atoms with Gasteiger partial charge in [0.2, 0.25) is 0 Å². The number of hydrogen-bond acceptors (Lipinski definition) is 2. The highest BCUT2D eigenvalue weighted by atomic mass is 32.2. The van der Waals surface area contributed by atoms with Crippen LogP contribution in [-0.2, 0) is 15.8 Å². The normalized spacial score (nSPS) is 34.7.